The molecule has 3 saturated carbocycles. The minimum atomic E-state index is 0.452. The summed E-state index contributed by atoms with van der Waals surface area (Å²) in [6.07, 6.45) is 2.93. The maximum Gasteiger partial charge on any atom is 0.00441 e. The number of hydrogen-bond donors (Lipinski definition) is 1. The molecule has 0 saturated heterocycles. The van der Waals surface area contributed by atoms with Crippen LogP contribution >= 0.6 is 0 Å². The van der Waals surface area contributed by atoms with Gasteiger partial charge in [-0.25, -0.2) is 0 Å². The molecule has 10 heavy (non-hydrogen) atoms. The van der Waals surface area contributed by atoms with E-state index in [0.717, 1.165) is 23.7 Å². The van der Waals surface area contributed by atoms with Crippen LogP contribution in [-0.4, -0.2) is 6.04 Å². The van der Waals surface area contributed by atoms with E-state index in [0.29, 0.717) is 6.04 Å². The fraction of sp³-hybridized carbons (Fsp3) is 1.00. The normalized spacial score (nSPS) is 54.3. The van der Waals surface area contributed by atoms with Crippen LogP contribution in [-0.2, 0) is 0 Å². The van der Waals surface area contributed by atoms with Gasteiger partial charge in [0.15, 0.2) is 0 Å². The van der Waals surface area contributed by atoms with Crippen LogP contribution in [0, 0.1) is 23.7 Å². The molecule has 0 heterocycles. The van der Waals surface area contributed by atoms with Crippen molar-refractivity contribution in [2.24, 2.45) is 29.4 Å². The lowest BCUT2D eigenvalue weighted by atomic mass is 9.68. The number of nitrogens with two attached hydrogens (primary N) is 1. The summed E-state index contributed by atoms with van der Waals surface area (Å²) in [4.78, 5) is 0. The van der Waals surface area contributed by atoms with Crippen LogP contribution in [0.5, 0.6) is 0 Å². The quantitative estimate of drug-likeness (QED) is 0.587. The Morgan fingerprint density at radius 2 is 2.10 bits per heavy atom. The molecule has 1 heteroatoms. The third-order valence-corrected chi connectivity index (χ3v) is 3.63. The molecule has 2 N–H and O–H groups in total. The third-order valence-electron chi connectivity index (χ3n) is 3.63. The monoisotopic (exact) mass is 139 g/mol. The van der Waals surface area contributed by atoms with E-state index in [1.807, 2.05) is 0 Å². The number of rotatable bonds is 1. The molecule has 0 spiro atoms. The second-order valence-corrected chi connectivity index (χ2v) is 4.31. The maximum atomic E-state index is 5.88. The van der Waals surface area contributed by atoms with Gasteiger partial charge in [-0.15, -0.1) is 0 Å². The van der Waals surface area contributed by atoms with Crippen molar-refractivity contribution in [3.8, 4) is 0 Å². The lowest BCUT2D eigenvalue weighted by Gasteiger charge is -2.39. The molecule has 3 aliphatic carbocycles. The lowest BCUT2D eigenvalue weighted by Crippen LogP contribution is -2.41. The predicted molar refractivity (Wildman–Crippen MR) is 42.5 cm³/mol. The van der Waals surface area contributed by atoms with Crippen LogP contribution < -0.4 is 5.73 Å². The first-order valence-corrected chi connectivity index (χ1v) is 4.45. The molecule has 5 atom stereocenters. The molecule has 4 unspecified atom stereocenters. The predicted octanol–water partition coefficient (Wildman–Crippen LogP) is 1.63. The molecule has 0 aliphatic heterocycles. The van der Waals surface area contributed by atoms with E-state index in [-0.39, 0.29) is 0 Å². The van der Waals surface area contributed by atoms with Crippen molar-refractivity contribution in [1.82, 2.24) is 0 Å². The SMILES string of the molecule is CC(N)C1C2CC1[C@@H](C)C2. The molecule has 1 nitrogen and oxygen atoms in total. The van der Waals surface area contributed by atoms with E-state index in [1.54, 1.807) is 0 Å². The minimum absolute atomic E-state index is 0.452. The van der Waals surface area contributed by atoms with Gasteiger partial charge in [0.25, 0.3) is 0 Å². The molecule has 0 radical (unpaired) electrons. The zero-order chi connectivity index (χ0) is 7.30. The smallest absolute Gasteiger partial charge is 0.00441 e. The standard InChI is InChI=1S/C9H17N/c1-5-3-7-4-8(5)9(7)6(2)10/h5-9H,3-4,10H2,1-2H3/t5-,6?,7?,8?,9?/m0/s1. The molecule has 0 aromatic rings. The Labute approximate surface area is 63.0 Å². The Balaban J connectivity index is 2.05. The van der Waals surface area contributed by atoms with E-state index in [9.17, 15) is 0 Å². The summed E-state index contributed by atoms with van der Waals surface area (Å²) in [5.74, 6) is 3.85. The molecular formula is C9H17N. The Kier molecular flexibility index (Phi) is 1.31. The average Bonchev–Trinajstić information content (AvgIpc) is 2.18. The second kappa shape index (κ2) is 1.97. The van der Waals surface area contributed by atoms with Gasteiger partial charge in [-0.1, -0.05) is 6.92 Å². The fourth-order valence-electron chi connectivity index (χ4n) is 3.15. The molecule has 3 aliphatic rings. The van der Waals surface area contributed by atoms with Gasteiger partial charge in [0, 0.05) is 6.04 Å². The Morgan fingerprint density at radius 3 is 2.30 bits per heavy atom. The summed E-state index contributed by atoms with van der Waals surface area (Å²) in [5, 5.41) is 0. The third kappa shape index (κ3) is 0.672. The van der Waals surface area contributed by atoms with Crippen LogP contribution in [0.2, 0.25) is 0 Å². The van der Waals surface area contributed by atoms with Gasteiger partial charge < -0.3 is 5.73 Å². The Morgan fingerprint density at radius 1 is 1.40 bits per heavy atom. The summed E-state index contributed by atoms with van der Waals surface area (Å²) >= 11 is 0. The molecular weight excluding hydrogens is 122 g/mol. The van der Waals surface area contributed by atoms with Crippen LogP contribution in [0.3, 0.4) is 0 Å². The highest BCUT2D eigenvalue weighted by Crippen LogP contribution is 2.57. The van der Waals surface area contributed by atoms with Gasteiger partial charge >= 0.3 is 0 Å². The van der Waals surface area contributed by atoms with Gasteiger partial charge in [0.05, 0.1) is 0 Å². The molecule has 0 aromatic carbocycles. The van der Waals surface area contributed by atoms with E-state index in [4.69, 9.17) is 5.73 Å². The minimum Gasteiger partial charge on any atom is -0.328 e. The molecule has 0 amide bonds. The number of hydrogen-bond acceptors (Lipinski definition) is 1. The summed E-state index contributed by atoms with van der Waals surface area (Å²) in [5.41, 5.74) is 5.88. The zero-order valence-electron chi connectivity index (χ0n) is 6.88. The first-order chi connectivity index (χ1) is 4.70. The van der Waals surface area contributed by atoms with Gasteiger partial charge in [0.1, 0.15) is 0 Å². The van der Waals surface area contributed by atoms with Gasteiger partial charge in [-0.05, 0) is 43.4 Å². The van der Waals surface area contributed by atoms with Crippen molar-refractivity contribution in [1.29, 1.82) is 0 Å². The zero-order valence-corrected chi connectivity index (χ0v) is 6.88. The number of fused-ring (bicyclic) bond motifs is 1. The van der Waals surface area contributed by atoms with E-state index in [1.165, 1.54) is 12.8 Å². The van der Waals surface area contributed by atoms with Crippen LogP contribution in [0.15, 0.2) is 0 Å². The summed E-state index contributed by atoms with van der Waals surface area (Å²) in [6.45, 7) is 4.55. The van der Waals surface area contributed by atoms with Gasteiger partial charge in [0.2, 0.25) is 0 Å². The van der Waals surface area contributed by atoms with Crippen molar-refractivity contribution in [3.05, 3.63) is 0 Å². The van der Waals surface area contributed by atoms with Gasteiger partial charge in [-0.3, -0.25) is 0 Å². The van der Waals surface area contributed by atoms with Crippen molar-refractivity contribution in [2.75, 3.05) is 0 Å². The van der Waals surface area contributed by atoms with Crippen LogP contribution in [0.25, 0.3) is 0 Å². The van der Waals surface area contributed by atoms with E-state index in [2.05, 4.69) is 13.8 Å². The fourth-order valence-corrected chi connectivity index (χ4v) is 3.15. The van der Waals surface area contributed by atoms with Crippen molar-refractivity contribution < 1.29 is 0 Å². The molecule has 2 bridgehead atoms. The first kappa shape index (κ1) is 6.66. The first-order valence-electron chi connectivity index (χ1n) is 4.45. The largest absolute Gasteiger partial charge is 0.328 e. The van der Waals surface area contributed by atoms with Crippen molar-refractivity contribution >= 4 is 0 Å². The molecule has 58 valence electrons. The van der Waals surface area contributed by atoms with E-state index >= 15 is 0 Å². The van der Waals surface area contributed by atoms with Crippen LogP contribution in [0.1, 0.15) is 26.7 Å². The Bertz CT molecular complexity index is 142. The van der Waals surface area contributed by atoms with Gasteiger partial charge in [-0.2, -0.15) is 0 Å². The lowest BCUT2D eigenvalue weighted by molar-refractivity contribution is 0.118. The Hall–Kier alpha value is -0.0400. The van der Waals surface area contributed by atoms with Crippen molar-refractivity contribution in [3.63, 3.8) is 0 Å². The molecule has 0 aromatic heterocycles. The maximum absolute atomic E-state index is 5.88. The highest BCUT2D eigenvalue weighted by Gasteiger charge is 2.51. The van der Waals surface area contributed by atoms with Crippen LogP contribution in [0.4, 0.5) is 0 Å². The average molecular weight is 139 g/mol. The second-order valence-electron chi connectivity index (χ2n) is 4.31. The molecule has 3 fully saturated rings. The highest BCUT2D eigenvalue weighted by atomic mass is 14.7. The van der Waals surface area contributed by atoms with E-state index < -0.39 is 0 Å². The topological polar surface area (TPSA) is 26.0 Å². The summed E-state index contributed by atoms with van der Waals surface area (Å²) in [6, 6.07) is 0.452. The van der Waals surface area contributed by atoms with Crippen molar-refractivity contribution in [2.45, 2.75) is 32.7 Å². The highest BCUT2D eigenvalue weighted by molar-refractivity contribution is 5.02. The summed E-state index contributed by atoms with van der Waals surface area (Å²) in [7, 11) is 0. The molecule has 3 rings (SSSR count). The summed E-state index contributed by atoms with van der Waals surface area (Å²) < 4.78 is 0.